The second-order valence-corrected chi connectivity index (χ2v) is 8.52. The van der Waals surface area contributed by atoms with Crippen molar-refractivity contribution in [2.75, 3.05) is 13.7 Å². The highest BCUT2D eigenvalue weighted by molar-refractivity contribution is 7.17. The normalized spacial score (nSPS) is 16.0. The van der Waals surface area contributed by atoms with Gasteiger partial charge in [-0.15, -0.1) is 11.3 Å². The highest BCUT2D eigenvalue weighted by atomic mass is 32.1. The van der Waals surface area contributed by atoms with Crippen LogP contribution >= 0.6 is 11.3 Å². The molecule has 5 nitrogen and oxygen atoms in total. The van der Waals surface area contributed by atoms with Crippen LogP contribution < -0.4 is 10.1 Å². The topological polar surface area (TPSA) is 64.6 Å². The second-order valence-electron chi connectivity index (χ2n) is 7.47. The van der Waals surface area contributed by atoms with Crippen LogP contribution in [0.3, 0.4) is 0 Å². The maximum atomic E-state index is 12.5. The smallest absolute Gasteiger partial charge is 0.348 e. The quantitative estimate of drug-likeness (QED) is 0.768. The number of thiophene rings is 1. The number of carbonyl (C=O) groups is 2. The lowest BCUT2D eigenvalue weighted by molar-refractivity contribution is -0.125. The molecule has 0 spiro atoms. The minimum Gasteiger partial charge on any atom is -0.497 e. The maximum Gasteiger partial charge on any atom is 0.348 e. The van der Waals surface area contributed by atoms with Crippen LogP contribution in [0.15, 0.2) is 24.3 Å². The molecule has 148 valence electrons. The molecule has 2 aromatic rings. The second kappa shape index (κ2) is 8.35. The lowest BCUT2D eigenvalue weighted by Gasteiger charge is -2.22. The van der Waals surface area contributed by atoms with Gasteiger partial charge in [0.2, 0.25) is 0 Å². The van der Waals surface area contributed by atoms with Crippen molar-refractivity contribution in [3.8, 4) is 16.2 Å². The molecule has 1 N–H and O–H groups in total. The third-order valence-corrected chi connectivity index (χ3v) is 6.73. The van der Waals surface area contributed by atoms with Crippen LogP contribution in [0.5, 0.6) is 5.75 Å². The van der Waals surface area contributed by atoms with E-state index in [4.69, 9.17) is 9.47 Å². The Labute approximate surface area is 169 Å². The summed E-state index contributed by atoms with van der Waals surface area (Å²) in [7, 11) is 1.67. The number of esters is 1. The number of hydrogen-bond acceptors (Lipinski definition) is 5. The lowest BCUT2D eigenvalue weighted by Crippen LogP contribution is -2.38. The predicted octanol–water partition coefficient (Wildman–Crippen LogP) is 4.13. The maximum absolute atomic E-state index is 12.5. The Morgan fingerprint density at radius 2 is 1.89 bits per heavy atom. The van der Waals surface area contributed by atoms with E-state index in [0.29, 0.717) is 4.88 Å². The van der Waals surface area contributed by atoms with Crippen LogP contribution in [-0.2, 0) is 22.4 Å². The first-order chi connectivity index (χ1) is 13.6. The summed E-state index contributed by atoms with van der Waals surface area (Å²) in [5.74, 6) is 0.217. The van der Waals surface area contributed by atoms with Crippen LogP contribution in [0.4, 0.5) is 0 Å². The molecule has 2 aliphatic rings. The van der Waals surface area contributed by atoms with E-state index in [0.717, 1.165) is 54.7 Å². The average molecular weight is 400 g/mol. The van der Waals surface area contributed by atoms with Crippen molar-refractivity contribution in [1.29, 1.82) is 0 Å². The Bertz CT molecular complexity index is 883. The van der Waals surface area contributed by atoms with E-state index in [1.165, 1.54) is 28.9 Å². The van der Waals surface area contributed by atoms with Gasteiger partial charge in [-0.05, 0) is 66.6 Å². The van der Waals surface area contributed by atoms with Gasteiger partial charge in [0.15, 0.2) is 6.61 Å². The average Bonchev–Trinajstić information content (AvgIpc) is 3.17. The minimum atomic E-state index is -0.423. The highest BCUT2D eigenvalue weighted by Crippen LogP contribution is 2.41. The van der Waals surface area contributed by atoms with Crippen LogP contribution in [0.25, 0.3) is 10.4 Å². The van der Waals surface area contributed by atoms with Gasteiger partial charge in [-0.2, -0.15) is 0 Å². The van der Waals surface area contributed by atoms with Crippen molar-refractivity contribution in [3.63, 3.8) is 0 Å². The molecule has 0 bridgehead atoms. The van der Waals surface area contributed by atoms with Crippen molar-refractivity contribution in [2.24, 2.45) is 0 Å². The van der Waals surface area contributed by atoms with Gasteiger partial charge in [-0.25, -0.2) is 4.79 Å². The number of aryl methyl sites for hydroxylation is 2. The van der Waals surface area contributed by atoms with Crippen LogP contribution in [0, 0.1) is 0 Å². The first-order valence-electron chi connectivity index (χ1n) is 9.90. The van der Waals surface area contributed by atoms with E-state index in [2.05, 4.69) is 17.4 Å². The largest absolute Gasteiger partial charge is 0.497 e. The molecular formula is C22H25NO4S. The van der Waals surface area contributed by atoms with Crippen LogP contribution in [0.1, 0.15) is 52.9 Å². The van der Waals surface area contributed by atoms with E-state index < -0.39 is 5.97 Å². The molecule has 1 saturated carbocycles. The Hall–Kier alpha value is -2.34. The van der Waals surface area contributed by atoms with Crippen molar-refractivity contribution in [1.82, 2.24) is 5.32 Å². The monoisotopic (exact) mass is 399 g/mol. The molecular weight excluding hydrogens is 374 g/mol. The molecule has 2 aliphatic carbocycles. The molecule has 1 amide bonds. The van der Waals surface area contributed by atoms with Gasteiger partial charge in [0, 0.05) is 10.9 Å². The van der Waals surface area contributed by atoms with Crippen molar-refractivity contribution < 1.29 is 19.1 Å². The molecule has 28 heavy (non-hydrogen) atoms. The zero-order valence-corrected chi connectivity index (χ0v) is 16.9. The molecule has 1 fully saturated rings. The summed E-state index contributed by atoms with van der Waals surface area (Å²) >= 11 is 1.44. The van der Waals surface area contributed by atoms with Crippen LogP contribution in [0.2, 0.25) is 0 Å². The van der Waals surface area contributed by atoms with E-state index in [9.17, 15) is 9.59 Å². The number of ether oxygens (including phenoxy) is 2. The number of fused-ring (bicyclic) bond motifs is 3. The van der Waals surface area contributed by atoms with Crippen LogP contribution in [-0.4, -0.2) is 31.6 Å². The van der Waals surface area contributed by atoms with E-state index >= 15 is 0 Å². The zero-order valence-electron chi connectivity index (χ0n) is 16.1. The van der Waals surface area contributed by atoms with Gasteiger partial charge >= 0.3 is 5.97 Å². The van der Waals surface area contributed by atoms with E-state index in [-0.39, 0.29) is 18.6 Å². The fourth-order valence-electron chi connectivity index (χ4n) is 4.06. The number of hydrogen-bond donors (Lipinski definition) is 1. The first kappa shape index (κ1) is 19.0. The van der Waals surface area contributed by atoms with E-state index in [1.807, 2.05) is 12.1 Å². The van der Waals surface area contributed by atoms with Gasteiger partial charge < -0.3 is 14.8 Å². The van der Waals surface area contributed by atoms with E-state index in [1.54, 1.807) is 7.11 Å². The summed E-state index contributed by atoms with van der Waals surface area (Å²) in [5.41, 5.74) is 3.56. The van der Waals surface area contributed by atoms with Gasteiger partial charge in [-0.1, -0.05) is 19.3 Å². The zero-order chi connectivity index (χ0) is 19.5. The summed E-state index contributed by atoms with van der Waals surface area (Å²) in [6.45, 7) is -0.217. The summed E-state index contributed by atoms with van der Waals surface area (Å²) in [5, 5.41) is 2.97. The Morgan fingerprint density at radius 1 is 1.11 bits per heavy atom. The molecule has 1 aromatic heterocycles. The molecule has 4 rings (SSSR count). The predicted molar refractivity (Wildman–Crippen MR) is 109 cm³/mol. The summed E-state index contributed by atoms with van der Waals surface area (Å²) < 4.78 is 10.6. The van der Waals surface area contributed by atoms with Gasteiger partial charge in [0.05, 0.1) is 7.11 Å². The molecule has 0 saturated heterocycles. The third kappa shape index (κ3) is 4.07. The Morgan fingerprint density at radius 3 is 2.68 bits per heavy atom. The Kier molecular flexibility index (Phi) is 5.67. The molecule has 6 heteroatoms. The molecule has 0 aliphatic heterocycles. The standard InChI is InChI=1S/C22H25NO4S/c1-26-17-9-10-18-14(11-17)7-8-15-12-19(28-21(15)18)22(25)27-13-20(24)23-16-5-3-2-4-6-16/h9-12,16H,2-8,13H2,1H3,(H,23,24). The highest BCUT2D eigenvalue weighted by Gasteiger charge is 2.23. The molecule has 0 radical (unpaired) electrons. The fraction of sp³-hybridized carbons (Fsp3) is 0.455. The van der Waals surface area contributed by atoms with Gasteiger partial charge in [-0.3, -0.25) is 4.79 Å². The fourth-order valence-corrected chi connectivity index (χ4v) is 5.22. The number of methoxy groups -OCH3 is 1. The SMILES string of the molecule is COc1ccc2c(c1)CCc1cc(C(=O)OCC(=O)NC3CCCCC3)sc1-2. The molecule has 1 heterocycles. The molecule has 1 aromatic carbocycles. The lowest BCUT2D eigenvalue weighted by atomic mass is 9.91. The first-order valence-corrected chi connectivity index (χ1v) is 10.7. The summed E-state index contributed by atoms with van der Waals surface area (Å²) in [6.07, 6.45) is 7.39. The number of amides is 1. The summed E-state index contributed by atoms with van der Waals surface area (Å²) in [4.78, 5) is 26.2. The number of carbonyl (C=O) groups excluding carboxylic acids is 2. The van der Waals surface area contributed by atoms with Crippen molar-refractivity contribution in [3.05, 3.63) is 40.3 Å². The van der Waals surface area contributed by atoms with Crippen molar-refractivity contribution >= 4 is 23.2 Å². The molecule has 0 unspecified atom stereocenters. The number of rotatable bonds is 5. The number of nitrogens with one attached hydrogen (secondary N) is 1. The molecule has 0 atom stereocenters. The summed E-state index contributed by atoms with van der Waals surface area (Å²) in [6, 6.07) is 8.19. The van der Waals surface area contributed by atoms with Gasteiger partial charge in [0.1, 0.15) is 10.6 Å². The Balaban J connectivity index is 1.39. The third-order valence-electron chi connectivity index (χ3n) is 5.54. The number of benzene rings is 1. The van der Waals surface area contributed by atoms with Gasteiger partial charge in [0.25, 0.3) is 5.91 Å². The minimum absolute atomic E-state index is 0.209. The van der Waals surface area contributed by atoms with Crippen molar-refractivity contribution in [2.45, 2.75) is 51.0 Å².